The summed E-state index contributed by atoms with van der Waals surface area (Å²) in [4.78, 5) is 16.5. The summed E-state index contributed by atoms with van der Waals surface area (Å²) in [6.45, 7) is 4.30. The standard InChI is InChI=1S/C18H21F2N3O3S2/c1-11(2)16-10-27-18(21-16)22-17(24)12-5-7-23(8-6-12)28(25,26)13-3-4-14(19)15(20)9-13/h3-4,9-12H,5-8H2,1-2H3,(H,21,22,24). The van der Waals surface area contributed by atoms with Crippen molar-refractivity contribution < 1.29 is 22.0 Å². The number of thiazole rings is 1. The number of piperidine rings is 1. The zero-order valence-corrected chi connectivity index (χ0v) is 17.1. The molecule has 3 rings (SSSR count). The molecule has 2 aromatic rings. The van der Waals surface area contributed by atoms with E-state index in [0.717, 1.165) is 17.8 Å². The number of halogens is 2. The number of nitrogens with one attached hydrogen (secondary N) is 1. The normalized spacial score (nSPS) is 16.5. The Morgan fingerprint density at radius 3 is 2.50 bits per heavy atom. The minimum atomic E-state index is -3.93. The summed E-state index contributed by atoms with van der Waals surface area (Å²) in [5.74, 6) is -2.55. The highest BCUT2D eigenvalue weighted by atomic mass is 32.2. The highest BCUT2D eigenvalue weighted by molar-refractivity contribution is 7.89. The molecule has 6 nitrogen and oxygen atoms in total. The van der Waals surface area contributed by atoms with E-state index >= 15 is 0 Å². The third-order valence-corrected chi connectivity index (χ3v) is 7.37. The molecule has 1 N–H and O–H groups in total. The maximum atomic E-state index is 13.4. The predicted octanol–water partition coefficient (Wildman–Crippen LogP) is 3.58. The Labute approximate surface area is 166 Å². The molecule has 0 unspecified atom stereocenters. The Morgan fingerprint density at radius 2 is 1.93 bits per heavy atom. The minimum Gasteiger partial charge on any atom is -0.302 e. The Balaban J connectivity index is 1.61. The van der Waals surface area contributed by atoms with Gasteiger partial charge in [-0.2, -0.15) is 4.31 Å². The van der Waals surface area contributed by atoms with Gasteiger partial charge < -0.3 is 5.32 Å². The quantitative estimate of drug-likeness (QED) is 0.788. The molecule has 0 saturated carbocycles. The highest BCUT2D eigenvalue weighted by Crippen LogP contribution is 2.27. The molecule has 2 heterocycles. The molecule has 28 heavy (non-hydrogen) atoms. The van der Waals surface area contributed by atoms with Crippen molar-refractivity contribution in [2.45, 2.75) is 37.5 Å². The highest BCUT2D eigenvalue weighted by Gasteiger charge is 2.32. The van der Waals surface area contributed by atoms with E-state index in [2.05, 4.69) is 10.3 Å². The van der Waals surface area contributed by atoms with Crippen molar-refractivity contribution in [2.24, 2.45) is 5.92 Å². The lowest BCUT2D eigenvalue weighted by Gasteiger charge is -2.30. The topological polar surface area (TPSA) is 79.4 Å². The molecule has 0 aliphatic carbocycles. The van der Waals surface area contributed by atoms with E-state index < -0.39 is 21.7 Å². The lowest BCUT2D eigenvalue weighted by molar-refractivity contribution is -0.120. The van der Waals surface area contributed by atoms with E-state index in [1.54, 1.807) is 0 Å². The second kappa shape index (κ2) is 8.22. The van der Waals surface area contributed by atoms with E-state index in [0.29, 0.717) is 24.0 Å². The Hall–Kier alpha value is -1.91. The second-order valence-electron chi connectivity index (χ2n) is 6.98. The van der Waals surface area contributed by atoms with Gasteiger partial charge in [0.15, 0.2) is 16.8 Å². The maximum absolute atomic E-state index is 13.4. The SMILES string of the molecule is CC(C)c1csc(NC(=O)C2CCN(S(=O)(=O)c3ccc(F)c(F)c3)CC2)n1. The van der Waals surface area contributed by atoms with Crippen molar-refractivity contribution in [2.75, 3.05) is 18.4 Å². The fourth-order valence-corrected chi connectivity index (χ4v) is 5.32. The summed E-state index contributed by atoms with van der Waals surface area (Å²) in [7, 11) is -3.93. The van der Waals surface area contributed by atoms with Crippen molar-refractivity contribution in [3.05, 3.63) is 40.9 Å². The summed E-state index contributed by atoms with van der Waals surface area (Å²) >= 11 is 1.36. The monoisotopic (exact) mass is 429 g/mol. The number of rotatable bonds is 5. The number of hydrogen-bond acceptors (Lipinski definition) is 5. The molecule has 0 bridgehead atoms. The van der Waals surface area contributed by atoms with Gasteiger partial charge in [-0.25, -0.2) is 22.2 Å². The van der Waals surface area contributed by atoms with Crippen LogP contribution in [0.1, 0.15) is 38.3 Å². The molecule has 10 heteroatoms. The molecule has 1 saturated heterocycles. The summed E-state index contributed by atoms with van der Waals surface area (Å²) in [6.07, 6.45) is 0.689. The first-order valence-corrected chi connectivity index (χ1v) is 11.2. The Bertz CT molecular complexity index is 968. The van der Waals surface area contributed by atoms with E-state index in [1.165, 1.54) is 15.6 Å². The van der Waals surface area contributed by atoms with Crippen LogP contribution in [0.5, 0.6) is 0 Å². The van der Waals surface area contributed by atoms with Crippen molar-refractivity contribution in [3.8, 4) is 0 Å². The molecule has 1 fully saturated rings. The zero-order valence-electron chi connectivity index (χ0n) is 15.5. The fraction of sp³-hybridized carbons (Fsp3) is 0.444. The molecule has 1 aromatic heterocycles. The maximum Gasteiger partial charge on any atom is 0.243 e. The minimum absolute atomic E-state index is 0.133. The van der Waals surface area contributed by atoms with Gasteiger partial charge in [0.05, 0.1) is 10.6 Å². The molecule has 1 aromatic carbocycles. The van der Waals surface area contributed by atoms with Gasteiger partial charge in [0.1, 0.15) is 0 Å². The van der Waals surface area contributed by atoms with Gasteiger partial charge >= 0.3 is 0 Å². The van der Waals surface area contributed by atoms with Crippen LogP contribution in [0.25, 0.3) is 0 Å². The van der Waals surface area contributed by atoms with Gasteiger partial charge in [0.25, 0.3) is 0 Å². The number of benzene rings is 1. The third-order valence-electron chi connectivity index (χ3n) is 4.70. The first-order chi connectivity index (χ1) is 13.2. The lowest BCUT2D eigenvalue weighted by atomic mass is 9.97. The van der Waals surface area contributed by atoms with E-state index in [1.807, 2.05) is 19.2 Å². The van der Waals surface area contributed by atoms with Gasteiger partial charge in [0.2, 0.25) is 15.9 Å². The first-order valence-electron chi connectivity index (χ1n) is 8.90. The number of carbonyl (C=O) groups is 1. The third kappa shape index (κ3) is 4.39. The molecule has 0 radical (unpaired) electrons. The van der Waals surface area contributed by atoms with Crippen LogP contribution in [0.3, 0.4) is 0 Å². The van der Waals surface area contributed by atoms with Crippen LogP contribution in [0.4, 0.5) is 13.9 Å². The van der Waals surface area contributed by atoms with Crippen LogP contribution in [-0.2, 0) is 14.8 Å². The number of aromatic nitrogens is 1. The molecule has 1 aliphatic rings. The molecule has 152 valence electrons. The summed E-state index contributed by atoms with van der Waals surface area (Å²) in [6, 6.07) is 2.52. The molecule has 1 aliphatic heterocycles. The number of anilines is 1. The van der Waals surface area contributed by atoms with E-state index in [-0.39, 0.29) is 35.7 Å². The predicted molar refractivity (Wildman–Crippen MR) is 103 cm³/mol. The van der Waals surface area contributed by atoms with Crippen LogP contribution in [0.2, 0.25) is 0 Å². The number of nitrogens with zero attached hydrogens (tertiary/aromatic N) is 2. The Kier molecular flexibility index (Phi) is 6.11. The van der Waals surface area contributed by atoms with Crippen LogP contribution < -0.4 is 5.32 Å². The van der Waals surface area contributed by atoms with Gasteiger partial charge in [-0.05, 0) is 37.0 Å². The smallest absolute Gasteiger partial charge is 0.243 e. The summed E-state index contributed by atoms with van der Waals surface area (Å²) in [5, 5.41) is 5.23. The van der Waals surface area contributed by atoms with Crippen molar-refractivity contribution in [3.63, 3.8) is 0 Å². The number of carbonyl (C=O) groups excluding carboxylic acids is 1. The average Bonchev–Trinajstić information content (AvgIpc) is 3.13. The average molecular weight is 430 g/mol. The largest absolute Gasteiger partial charge is 0.302 e. The van der Waals surface area contributed by atoms with Gasteiger partial charge in [-0.15, -0.1) is 11.3 Å². The van der Waals surface area contributed by atoms with Crippen molar-refractivity contribution >= 4 is 32.4 Å². The molecule has 1 amide bonds. The van der Waals surface area contributed by atoms with Crippen molar-refractivity contribution in [1.82, 2.24) is 9.29 Å². The number of hydrogen-bond donors (Lipinski definition) is 1. The van der Waals surface area contributed by atoms with E-state index in [9.17, 15) is 22.0 Å². The molecule has 0 spiro atoms. The van der Waals surface area contributed by atoms with E-state index in [4.69, 9.17) is 0 Å². The lowest BCUT2D eigenvalue weighted by Crippen LogP contribution is -2.41. The number of amides is 1. The van der Waals surface area contributed by atoms with Crippen LogP contribution in [0, 0.1) is 17.6 Å². The fourth-order valence-electron chi connectivity index (χ4n) is 2.96. The van der Waals surface area contributed by atoms with Crippen molar-refractivity contribution in [1.29, 1.82) is 0 Å². The Morgan fingerprint density at radius 1 is 1.25 bits per heavy atom. The molecular formula is C18H21F2N3O3S2. The summed E-state index contributed by atoms with van der Waals surface area (Å²) < 4.78 is 52.9. The van der Waals surface area contributed by atoms with Gasteiger partial charge in [-0.3, -0.25) is 4.79 Å². The first kappa shape index (κ1) is 20.8. The second-order valence-corrected chi connectivity index (χ2v) is 9.77. The van der Waals surface area contributed by atoms with Gasteiger partial charge in [-0.1, -0.05) is 13.8 Å². The molecule has 0 atom stereocenters. The summed E-state index contributed by atoms with van der Waals surface area (Å²) in [5.41, 5.74) is 0.910. The zero-order chi connectivity index (χ0) is 20.5. The van der Waals surface area contributed by atoms with Gasteiger partial charge in [0, 0.05) is 24.4 Å². The number of sulfonamides is 1. The van der Waals surface area contributed by atoms with Crippen LogP contribution in [0.15, 0.2) is 28.5 Å². The van der Waals surface area contributed by atoms with Crippen LogP contribution >= 0.6 is 11.3 Å². The molecular weight excluding hydrogens is 408 g/mol. The van der Waals surface area contributed by atoms with Crippen LogP contribution in [-0.4, -0.2) is 36.7 Å².